The first kappa shape index (κ1) is 15.6. The van der Waals surface area contributed by atoms with Gasteiger partial charge in [-0.15, -0.1) is 0 Å². The van der Waals surface area contributed by atoms with Crippen molar-refractivity contribution in [2.45, 2.75) is 83.5 Å². The molecule has 1 N–H and O–H groups in total. The average Bonchev–Trinajstić information content (AvgIpc) is 3.21. The highest BCUT2D eigenvalue weighted by Gasteiger charge is 2.79. The van der Waals surface area contributed by atoms with Crippen molar-refractivity contribution in [1.29, 1.82) is 0 Å². The van der Waals surface area contributed by atoms with Gasteiger partial charge in [0.2, 0.25) is 0 Å². The molecule has 0 bridgehead atoms. The van der Waals surface area contributed by atoms with Gasteiger partial charge in [-0.25, -0.2) is 0 Å². The number of carbonyl (C=O) groups is 1. The lowest BCUT2D eigenvalue weighted by Crippen LogP contribution is -2.54. The molecule has 0 aromatic rings. The van der Waals surface area contributed by atoms with Crippen LogP contribution in [0.25, 0.3) is 0 Å². The standard InChI is InChI=1S/C21H30O3/c1-12(22)21-18(24-21)11-17-15-5-4-13-10-14(23)6-8-19(13,2)16(15)7-9-20(17,21)3/h4,14-18,23H,5-11H2,1-3H3/t14-,15+,16+,17+,18+,19-,20-,21+/m0/s1. The minimum atomic E-state index is -0.448. The average molecular weight is 330 g/mol. The van der Waals surface area contributed by atoms with E-state index in [1.807, 2.05) is 0 Å². The summed E-state index contributed by atoms with van der Waals surface area (Å²) in [6.07, 6.45) is 10.0. The Morgan fingerprint density at radius 3 is 2.79 bits per heavy atom. The third kappa shape index (κ3) is 1.60. The number of aliphatic hydroxyl groups is 1. The zero-order valence-electron chi connectivity index (χ0n) is 15.2. The summed E-state index contributed by atoms with van der Waals surface area (Å²) in [4.78, 5) is 12.4. The highest BCUT2D eigenvalue weighted by Crippen LogP contribution is 2.73. The summed E-state index contributed by atoms with van der Waals surface area (Å²) in [7, 11) is 0. The Hall–Kier alpha value is -0.670. The number of rotatable bonds is 1. The van der Waals surface area contributed by atoms with Crippen molar-refractivity contribution in [3.05, 3.63) is 11.6 Å². The Morgan fingerprint density at radius 1 is 1.25 bits per heavy atom. The largest absolute Gasteiger partial charge is 0.393 e. The van der Waals surface area contributed by atoms with Gasteiger partial charge in [0.1, 0.15) is 0 Å². The Kier molecular flexibility index (Phi) is 2.94. The Balaban J connectivity index is 1.51. The van der Waals surface area contributed by atoms with E-state index >= 15 is 0 Å². The van der Waals surface area contributed by atoms with Crippen LogP contribution in [0.2, 0.25) is 0 Å². The van der Waals surface area contributed by atoms with Gasteiger partial charge in [-0.05, 0) is 75.0 Å². The highest BCUT2D eigenvalue weighted by molar-refractivity contribution is 5.90. The van der Waals surface area contributed by atoms with Gasteiger partial charge in [0, 0.05) is 5.41 Å². The van der Waals surface area contributed by atoms with Gasteiger partial charge < -0.3 is 9.84 Å². The number of aliphatic hydroxyl groups excluding tert-OH is 1. The molecule has 4 fully saturated rings. The fraction of sp³-hybridized carbons (Fsp3) is 0.857. The molecule has 24 heavy (non-hydrogen) atoms. The Bertz CT molecular complexity index is 639. The number of hydrogen-bond acceptors (Lipinski definition) is 3. The lowest BCUT2D eigenvalue weighted by atomic mass is 9.47. The number of ether oxygens (including phenoxy) is 1. The number of hydrogen-bond donors (Lipinski definition) is 1. The van der Waals surface area contributed by atoms with Crippen molar-refractivity contribution >= 4 is 5.78 Å². The van der Waals surface area contributed by atoms with E-state index < -0.39 is 5.60 Å². The molecule has 1 heterocycles. The third-order valence-corrected chi connectivity index (χ3v) is 9.03. The van der Waals surface area contributed by atoms with Crippen LogP contribution in [0.4, 0.5) is 0 Å². The number of epoxide rings is 1. The molecule has 3 nitrogen and oxygen atoms in total. The van der Waals surface area contributed by atoms with Gasteiger partial charge in [-0.2, -0.15) is 0 Å². The summed E-state index contributed by atoms with van der Waals surface area (Å²) in [5.74, 6) is 2.31. The van der Waals surface area contributed by atoms with E-state index in [2.05, 4.69) is 19.9 Å². The van der Waals surface area contributed by atoms with E-state index in [1.54, 1.807) is 6.92 Å². The van der Waals surface area contributed by atoms with Crippen molar-refractivity contribution in [3.8, 4) is 0 Å². The minimum Gasteiger partial charge on any atom is -0.393 e. The molecule has 5 aliphatic rings. The monoisotopic (exact) mass is 330 g/mol. The van der Waals surface area contributed by atoms with Crippen molar-refractivity contribution < 1.29 is 14.6 Å². The van der Waals surface area contributed by atoms with Crippen LogP contribution in [0, 0.1) is 28.6 Å². The van der Waals surface area contributed by atoms with E-state index in [0.717, 1.165) is 44.4 Å². The topological polar surface area (TPSA) is 49.8 Å². The van der Waals surface area contributed by atoms with Crippen molar-refractivity contribution in [2.24, 2.45) is 28.6 Å². The molecule has 132 valence electrons. The van der Waals surface area contributed by atoms with Gasteiger partial charge in [0.15, 0.2) is 11.4 Å². The van der Waals surface area contributed by atoms with Gasteiger partial charge in [-0.3, -0.25) is 4.79 Å². The van der Waals surface area contributed by atoms with Crippen LogP contribution >= 0.6 is 0 Å². The molecule has 0 aromatic carbocycles. The molecule has 0 spiro atoms. The molecule has 0 radical (unpaired) electrons. The summed E-state index contributed by atoms with van der Waals surface area (Å²) < 4.78 is 6.00. The van der Waals surface area contributed by atoms with Gasteiger partial charge in [0.05, 0.1) is 12.2 Å². The van der Waals surface area contributed by atoms with Crippen molar-refractivity contribution in [3.63, 3.8) is 0 Å². The van der Waals surface area contributed by atoms with Gasteiger partial charge in [-0.1, -0.05) is 25.5 Å². The number of ketones is 1. The smallest absolute Gasteiger partial charge is 0.164 e. The Labute approximate surface area is 144 Å². The second-order valence-corrected chi connectivity index (χ2v) is 9.75. The quantitative estimate of drug-likeness (QED) is 0.590. The molecule has 1 saturated heterocycles. The molecule has 3 saturated carbocycles. The number of allylic oxidation sites excluding steroid dienone is 1. The van der Waals surface area contributed by atoms with E-state index in [0.29, 0.717) is 11.8 Å². The fourth-order valence-electron chi connectivity index (χ4n) is 7.71. The number of carbonyl (C=O) groups excluding carboxylic acids is 1. The zero-order valence-corrected chi connectivity index (χ0v) is 15.2. The number of fused-ring (bicyclic) bond motifs is 7. The Morgan fingerprint density at radius 2 is 2.04 bits per heavy atom. The molecule has 3 heteroatoms. The maximum Gasteiger partial charge on any atom is 0.164 e. The SMILES string of the molecule is CC(=O)[C@@]12O[C@@H]1C[C@@H]1[C@@H]3CC=C4C[C@@H](O)CC[C@]4(C)[C@@H]3CC[C@@]12C. The van der Waals surface area contributed by atoms with Crippen LogP contribution < -0.4 is 0 Å². The predicted molar refractivity (Wildman–Crippen MR) is 91.4 cm³/mol. The van der Waals surface area contributed by atoms with E-state index in [1.165, 1.54) is 12.0 Å². The summed E-state index contributed by atoms with van der Waals surface area (Å²) in [5.41, 5.74) is 1.39. The summed E-state index contributed by atoms with van der Waals surface area (Å²) >= 11 is 0. The van der Waals surface area contributed by atoms with E-state index in [4.69, 9.17) is 4.74 Å². The van der Waals surface area contributed by atoms with Crippen LogP contribution in [-0.4, -0.2) is 28.7 Å². The lowest BCUT2D eigenvalue weighted by molar-refractivity contribution is -0.135. The summed E-state index contributed by atoms with van der Waals surface area (Å²) in [5, 5.41) is 10.1. The second kappa shape index (κ2) is 4.54. The van der Waals surface area contributed by atoms with E-state index in [9.17, 15) is 9.90 Å². The second-order valence-electron chi connectivity index (χ2n) is 9.75. The molecule has 1 aliphatic heterocycles. The first-order chi connectivity index (χ1) is 11.3. The summed E-state index contributed by atoms with van der Waals surface area (Å²) in [6, 6.07) is 0. The lowest BCUT2D eigenvalue weighted by Gasteiger charge is -2.58. The van der Waals surface area contributed by atoms with Crippen LogP contribution in [0.3, 0.4) is 0 Å². The molecule has 0 amide bonds. The fourth-order valence-corrected chi connectivity index (χ4v) is 7.71. The molecule has 0 aromatic heterocycles. The van der Waals surface area contributed by atoms with Gasteiger partial charge >= 0.3 is 0 Å². The zero-order chi connectivity index (χ0) is 16.9. The van der Waals surface area contributed by atoms with Gasteiger partial charge in [0.25, 0.3) is 0 Å². The normalized spacial score (nSPS) is 58.0. The summed E-state index contributed by atoms with van der Waals surface area (Å²) in [6.45, 7) is 6.54. The maximum absolute atomic E-state index is 12.4. The minimum absolute atomic E-state index is 0.0422. The molecular weight excluding hydrogens is 300 g/mol. The van der Waals surface area contributed by atoms with Crippen LogP contribution in [0.5, 0.6) is 0 Å². The maximum atomic E-state index is 12.4. The molecule has 4 aliphatic carbocycles. The highest BCUT2D eigenvalue weighted by atomic mass is 16.6. The van der Waals surface area contributed by atoms with Crippen LogP contribution in [0.1, 0.15) is 65.7 Å². The van der Waals surface area contributed by atoms with Crippen molar-refractivity contribution in [1.82, 2.24) is 0 Å². The molecule has 8 atom stereocenters. The van der Waals surface area contributed by atoms with Crippen LogP contribution in [0.15, 0.2) is 11.6 Å². The van der Waals surface area contributed by atoms with Crippen molar-refractivity contribution in [2.75, 3.05) is 0 Å². The number of Topliss-reactive ketones (excluding diaryl/α,β-unsaturated/α-hetero) is 1. The van der Waals surface area contributed by atoms with E-state index in [-0.39, 0.29) is 28.8 Å². The third-order valence-electron chi connectivity index (χ3n) is 9.03. The molecule has 0 unspecified atom stereocenters. The molecular formula is C21H30O3. The first-order valence-electron chi connectivity index (χ1n) is 9.89. The first-order valence-corrected chi connectivity index (χ1v) is 9.89. The van der Waals surface area contributed by atoms with Crippen LogP contribution in [-0.2, 0) is 9.53 Å². The predicted octanol–water partition coefficient (Wildman–Crippen LogP) is 3.65. The molecule has 5 rings (SSSR count).